The Bertz CT molecular complexity index is 1050. The van der Waals surface area contributed by atoms with E-state index in [1.807, 2.05) is 60.7 Å². The topological polar surface area (TPSA) is 46.5 Å². The number of hydrogen-bond acceptors (Lipinski definition) is 3. The molecule has 0 heterocycles. The van der Waals surface area contributed by atoms with E-state index >= 15 is 0 Å². The molecule has 38 heavy (non-hydrogen) atoms. The van der Waals surface area contributed by atoms with Crippen molar-refractivity contribution in [3.8, 4) is 0 Å². The van der Waals surface area contributed by atoms with Gasteiger partial charge in [-0.05, 0) is 67.9 Å². The minimum atomic E-state index is -2.81. The molecule has 210 valence electrons. The van der Waals surface area contributed by atoms with Gasteiger partial charge in [-0.25, -0.2) is 0 Å². The van der Waals surface area contributed by atoms with Gasteiger partial charge in [0.05, 0.1) is 0 Å². The van der Waals surface area contributed by atoms with E-state index in [4.69, 9.17) is 4.43 Å². The summed E-state index contributed by atoms with van der Waals surface area (Å²) in [4.78, 5) is 11.0. The monoisotopic (exact) mass is 570 g/mol. The van der Waals surface area contributed by atoms with E-state index in [1.54, 1.807) is 0 Å². The van der Waals surface area contributed by atoms with Gasteiger partial charge in [0, 0.05) is 22.9 Å². The first-order chi connectivity index (χ1) is 17.4. The van der Waals surface area contributed by atoms with Crippen molar-refractivity contribution in [1.82, 2.24) is 0 Å². The fraction of sp³-hybridized carbons (Fsp3) is 0.562. The van der Waals surface area contributed by atoms with Crippen molar-refractivity contribution in [2.24, 2.45) is 5.92 Å². The van der Waals surface area contributed by atoms with Crippen molar-refractivity contribution < 1.29 is 13.8 Å². The largest absolute Gasteiger partial charge is 0.432 e. The van der Waals surface area contributed by atoms with E-state index in [0.29, 0.717) is 12.1 Å². The van der Waals surface area contributed by atoms with Crippen LogP contribution in [0.2, 0.25) is 36.3 Å². The summed E-state index contributed by atoms with van der Waals surface area (Å²) in [6.07, 6.45) is 6.91. The van der Waals surface area contributed by atoms with Crippen LogP contribution in [0, 0.1) is 5.92 Å². The molecule has 0 amide bonds. The highest BCUT2D eigenvalue weighted by molar-refractivity contribution is 7.78. The SMILES string of the molecule is CC(C)(C[C@@H]1C/C(=C\CP(=O)(c2ccccc2)c2ccccc2)C[C@@H](O[Si](C)(C)C(C)(C)C)C1)[Si](C)(C)O. The molecule has 0 aromatic heterocycles. The Hall–Kier alpha value is -1.24. The van der Waals surface area contributed by atoms with Crippen molar-refractivity contribution in [1.29, 1.82) is 0 Å². The summed E-state index contributed by atoms with van der Waals surface area (Å²) in [5.74, 6) is 0.450. The zero-order valence-corrected chi connectivity index (χ0v) is 28.1. The summed E-state index contributed by atoms with van der Waals surface area (Å²) in [5.41, 5.74) is 1.37. The molecule has 1 aliphatic rings. The van der Waals surface area contributed by atoms with Crippen LogP contribution in [0.15, 0.2) is 72.3 Å². The normalized spacial score (nSPS) is 21.1. The van der Waals surface area contributed by atoms with Crippen LogP contribution < -0.4 is 10.6 Å². The maximum atomic E-state index is 14.6. The van der Waals surface area contributed by atoms with Crippen LogP contribution in [-0.4, -0.2) is 33.7 Å². The van der Waals surface area contributed by atoms with Crippen molar-refractivity contribution in [2.45, 2.75) is 103 Å². The summed E-state index contributed by atoms with van der Waals surface area (Å²) in [7, 11) is -7.06. The fourth-order valence-electron chi connectivity index (χ4n) is 5.22. The Balaban J connectivity index is 1.95. The van der Waals surface area contributed by atoms with Gasteiger partial charge in [0.1, 0.15) is 7.14 Å². The van der Waals surface area contributed by atoms with Crippen LogP contribution in [0.1, 0.15) is 60.3 Å². The molecule has 0 saturated heterocycles. The average molecular weight is 571 g/mol. The first-order valence-corrected chi connectivity index (χ1v) is 22.0. The lowest BCUT2D eigenvalue weighted by Crippen LogP contribution is -2.46. The molecule has 2 aromatic rings. The van der Waals surface area contributed by atoms with Gasteiger partial charge < -0.3 is 13.8 Å². The average Bonchev–Trinajstić information content (AvgIpc) is 2.81. The lowest BCUT2D eigenvalue weighted by Gasteiger charge is -2.44. The Morgan fingerprint density at radius 3 is 1.84 bits per heavy atom. The second-order valence-electron chi connectivity index (χ2n) is 14.1. The van der Waals surface area contributed by atoms with Crippen LogP contribution >= 0.6 is 7.14 Å². The predicted octanol–water partition coefficient (Wildman–Crippen LogP) is 8.49. The van der Waals surface area contributed by atoms with Gasteiger partial charge >= 0.3 is 0 Å². The molecule has 0 unspecified atom stereocenters. The Morgan fingerprint density at radius 2 is 1.39 bits per heavy atom. The highest BCUT2D eigenvalue weighted by Crippen LogP contribution is 2.49. The van der Waals surface area contributed by atoms with E-state index in [-0.39, 0.29) is 16.2 Å². The third kappa shape index (κ3) is 7.49. The lowest BCUT2D eigenvalue weighted by atomic mass is 9.79. The summed E-state index contributed by atoms with van der Waals surface area (Å²) in [5, 5.41) is 1.90. The van der Waals surface area contributed by atoms with E-state index in [2.05, 4.69) is 66.9 Å². The Kier molecular flexibility index (Phi) is 9.64. The minimum Gasteiger partial charge on any atom is -0.432 e. The molecule has 0 bridgehead atoms. The Labute approximate surface area is 234 Å². The van der Waals surface area contributed by atoms with Gasteiger partial charge in [0.25, 0.3) is 0 Å². The van der Waals surface area contributed by atoms with Crippen molar-refractivity contribution in [2.75, 3.05) is 6.16 Å². The van der Waals surface area contributed by atoms with Crippen LogP contribution in [0.5, 0.6) is 0 Å². The highest BCUT2D eigenvalue weighted by Gasteiger charge is 2.43. The Morgan fingerprint density at radius 1 is 0.895 bits per heavy atom. The predicted molar refractivity (Wildman–Crippen MR) is 170 cm³/mol. The zero-order valence-electron chi connectivity index (χ0n) is 25.3. The molecule has 2 aromatic carbocycles. The summed E-state index contributed by atoms with van der Waals surface area (Å²) in [6.45, 7) is 20.2. The van der Waals surface area contributed by atoms with Gasteiger partial charge in [0.2, 0.25) is 0 Å². The molecule has 3 rings (SSSR count). The first kappa shape index (κ1) is 31.3. The third-order valence-electron chi connectivity index (χ3n) is 9.34. The van der Waals surface area contributed by atoms with Crippen LogP contribution in [0.4, 0.5) is 0 Å². The van der Waals surface area contributed by atoms with Crippen molar-refractivity contribution >= 4 is 34.4 Å². The van der Waals surface area contributed by atoms with Gasteiger partial charge in [-0.3, -0.25) is 0 Å². The van der Waals surface area contributed by atoms with E-state index in [1.165, 1.54) is 5.57 Å². The maximum Gasteiger partial charge on any atom is 0.192 e. The number of rotatable bonds is 9. The molecule has 2 atom stereocenters. The number of hydrogen-bond donors (Lipinski definition) is 1. The maximum absolute atomic E-state index is 14.6. The molecular formula is C32H51O3PSi2. The molecule has 1 aliphatic carbocycles. The van der Waals surface area contributed by atoms with E-state index < -0.39 is 23.8 Å². The van der Waals surface area contributed by atoms with Gasteiger partial charge in [0.15, 0.2) is 16.6 Å². The van der Waals surface area contributed by atoms with Crippen molar-refractivity contribution in [3.63, 3.8) is 0 Å². The summed E-state index contributed by atoms with van der Waals surface area (Å²) in [6, 6.07) is 20.0. The van der Waals surface area contributed by atoms with Gasteiger partial charge in [-0.1, -0.05) is 107 Å². The van der Waals surface area contributed by atoms with E-state index in [9.17, 15) is 9.36 Å². The summed E-state index contributed by atoms with van der Waals surface area (Å²) < 4.78 is 21.6. The van der Waals surface area contributed by atoms with Crippen molar-refractivity contribution in [3.05, 3.63) is 72.3 Å². The number of allylic oxidation sites excluding steroid dienone is 1. The fourth-order valence-corrected chi connectivity index (χ4v) is 9.91. The highest BCUT2D eigenvalue weighted by atomic mass is 31.2. The zero-order chi connectivity index (χ0) is 28.4. The van der Waals surface area contributed by atoms with Crippen LogP contribution in [-0.2, 0) is 8.99 Å². The standard InChI is InChI=1S/C32H51O3PSi2/c1-31(2,3)38(8,9)35-28-23-26(22-27(24-28)25-32(4,5)37(6,7)34)20-21-36(33,29-16-12-10-13-17-29)30-18-14-11-15-19-30/h10-20,27-28,34H,21-25H2,1-9H3/b26-20+/t27-,28-/m1/s1. The van der Waals surface area contributed by atoms with Gasteiger partial charge in [-0.15, -0.1) is 0 Å². The van der Waals surface area contributed by atoms with Crippen LogP contribution in [0.3, 0.4) is 0 Å². The smallest absolute Gasteiger partial charge is 0.192 e. The molecule has 0 spiro atoms. The first-order valence-electron chi connectivity index (χ1n) is 14.2. The summed E-state index contributed by atoms with van der Waals surface area (Å²) >= 11 is 0. The van der Waals surface area contributed by atoms with Gasteiger partial charge in [-0.2, -0.15) is 0 Å². The van der Waals surface area contributed by atoms with E-state index in [0.717, 1.165) is 36.3 Å². The minimum absolute atomic E-state index is 0.0784. The molecule has 0 radical (unpaired) electrons. The molecule has 6 heteroatoms. The lowest BCUT2D eigenvalue weighted by molar-refractivity contribution is 0.123. The third-order valence-corrected chi connectivity index (χ3v) is 20.4. The molecule has 3 nitrogen and oxygen atoms in total. The van der Waals surface area contributed by atoms with Crippen LogP contribution in [0.25, 0.3) is 0 Å². The molecule has 1 fully saturated rings. The molecule has 0 aliphatic heterocycles. The molecule has 1 saturated carbocycles. The second-order valence-corrected chi connectivity index (χ2v) is 26.2. The quantitative estimate of drug-likeness (QED) is 0.187. The number of benzene rings is 2. The molecular weight excluding hydrogens is 519 g/mol. The molecule has 1 N–H and O–H groups in total. The second kappa shape index (κ2) is 11.7.